The Morgan fingerprint density at radius 3 is 2.69 bits per heavy atom. The molecule has 0 unspecified atom stereocenters. The summed E-state index contributed by atoms with van der Waals surface area (Å²) in [5.41, 5.74) is 0.464. The number of nitrogens with zero attached hydrogens (tertiary/aromatic N) is 1. The molecule has 0 bridgehead atoms. The molecular weight excluding hydrogens is 208 g/mol. The number of rotatable bonds is 5. The van der Waals surface area contributed by atoms with Crippen LogP contribution in [0.25, 0.3) is 0 Å². The van der Waals surface area contributed by atoms with Crippen LogP contribution in [0, 0.1) is 0 Å². The van der Waals surface area contributed by atoms with Gasteiger partial charge in [0.1, 0.15) is 6.26 Å². The molecule has 0 aromatic carbocycles. The van der Waals surface area contributed by atoms with Crippen LogP contribution in [-0.4, -0.2) is 36.3 Å². The Labute approximate surface area is 94.4 Å². The van der Waals surface area contributed by atoms with Gasteiger partial charge in [0, 0.05) is 13.1 Å². The second-order valence-electron chi connectivity index (χ2n) is 3.28. The summed E-state index contributed by atoms with van der Waals surface area (Å²) in [5.74, 6) is -0.344. The molecule has 1 aromatic heterocycles. The average molecular weight is 224 g/mol. The topological polar surface area (TPSA) is 62.6 Å². The molecule has 0 fully saturated rings. The highest BCUT2D eigenvalue weighted by atomic mass is 16.3. The maximum absolute atomic E-state index is 11.9. The van der Waals surface area contributed by atoms with Crippen molar-refractivity contribution in [2.45, 2.75) is 13.8 Å². The molecule has 0 atom stereocenters. The summed E-state index contributed by atoms with van der Waals surface area (Å²) >= 11 is 0. The Morgan fingerprint density at radius 1 is 1.44 bits per heavy atom. The molecule has 0 spiro atoms. The van der Waals surface area contributed by atoms with Gasteiger partial charge in [-0.25, -0.2) is 0 Å². The number of hydrogen-bond acceptors (Lipinski definition) is 3. The van der Waals surface area contributed by atoms with E-state index in [-0.39, 0.29) is 18.4 Å². The lowest BCUT2D eigenvalue weighted by molar-refractivity contribution is -0.121. The molecule has 0 aliphatic rings. The van der Waals surface area contributed by atoms with Crippen LogP contribution in [-0.2, 0) is 4.79 Å². The molecular formula is C11H16N2O3. The largest absolute Gasteiger partial charge is 0.472 e. The second-order valence-corrected chi connectivity index (χ2v) is 3.28. The van der Waals surface area contributed by atoms with Crippen molar-refractivity contribution in [3.05, 3.63) is 24.2 Å². The zero-order chi connectivity index (χ0) is 12.0. The van der Waals surface area contributed by atoms with Gasteiger partial charge in [0.25, 0.3) is 5.91 Å². The Bertz CT molecular complexity index is 346. The first-order valence-corrected chi connectivity index (χ1v) is 5.27. The third kappa shape index (κ3) is 3.12. The van der Waals surface area contributed by atoms with E-state index < -0.39 is 0 Å². The SMILES string of the molecule is CCNC(=O)CN(CC)C(=O)c1ccoc1. The van der Waals surface area contributed by atoms with Crippen LogP contribution in [0.4, 0.5) is 0 Å². The van der Waals surface area contributed by atoms with Crippen molar-refractivity contribution < 1.29 is 14.0 Å². The smallest absolute Gasteiger partial charge is 0.257 e. The summed E-state index contributed by atoms with van der Waals surface area (Å²) in [7, 11) is 0. The highest BCUT2D eigenvalue weighted by molar-refractivity contribution is 5.96. The van der Waals surface area contributed by atoms with Crippen molar-refractivity contribution in [3.63, 3.8) is 0 Å². The maximum Gasteiger partial charge on any atom is 0.257 e. The van der Waals surface area contributed by atoms with E-state index in [9.17, 15) is 9.59 Å². The van der Waals surface area contributed by atoms with Crippen molar-refractivity contribution in [1.29, 1.82) is 0 Å². The monoisotopic (exact) mass is 224 g/mol. The van der Waals surface area contributed by atoms with E-state index in [0.29, 0.717) is 18.7 Å². The Balaban J connectivity index is 2.61. The zero-order valence-electron chi connectivity index (χ0n) is 9.53. The van der Waals surface area contributed by atoms with Crippen molar-refractivity contribution in [2.75, 3.05) is 19.6 Å². The minimum absolute atomic E-state index is 0.0777. The van der Waals surface area contributed by atoms with Crippen molar-refractivity contribution >= 4 is 11.8 Å². The second kappa shape index (κ2) is 5.95. The number of amides is 2. The lowest BCUT2D eigenvalue weighted by Gasteiger charge is -2.19. The van der Waals surface area contributed by atoms with Crippen LogP contribution in [0.2, 0.25) is 0 Å². The van der Waals surface area contributed by atoms with Crippen LogP contribution < -0.4 is 5.32 Å². The first kappa shape index (κ1) is 12.3. The van der Waals surface area contributed by atoms with E-state index in [1.807, 2.05) is 13.8 Å². The number of likely N-dealkylation sites (N-methyl/N-ethyl adjacent to an activating group) is 2. The van der Waals surface area contributed by atoms with Gasteiger partial charge in [0.15, 0.2) is 0 Å². The fourth-order valence-electron chi connectivity index (χ4n) is 1.32. The zero-order valence-corrected chi connectivity index (χ0v) is 9.53. The van der Waals surface area contributed by atoms with Crippen molar-refractivity contribution in [2.24, 2.45) is 0 Å². The van der Waals surface area contributed by atoms with Gasteiger partial charge in [0.2, 0.25) is 5.91 Å². The molecule has 1 aromatic rings. The van der Waals surface area contributed by atoms with E-state index >= 15 is 0 Å². The highest BCUT2D eigenvalue weighted by Crippen LogP contribution is 2.05. The summed E-state index contributed by atoms with van der Waals surface area (Å²) in [6.45, 7) is 4.80. The summed E-state index contributed by atoms with van der Waals surface area (Å²) in [6.07, 6.45) is 2.82. The Kier molecular flexibility index (Phi) is 4.57. The van der Waals surface area contributed by atoms with E-state index in [4.69, 9.17) is 4.42 Å². The van der Waals surface area contributed by atoms with Gasteiger partial charge in [-0.2, -0.15) is 0 Å². The molecule has 0 saturated carbocycles. The van der Waals surface area contributed by atoms with Crippen LogP contribution in [0.1, 0.15) is 24.2 Å². The molecule has 1 N–H and O–H groups in total. The number of nitrogens with one attached hydrogen (secondary N) is 1. The summed E-state index contributed by atoms with van der Waals surface area (Å²) in [4.78, 5) is 24.7. The number of hydrogen-bond donors (Lipinski definition) is 1. The Hall–Kier alpha value is -1.78. The number of furan rings is 1. The molecule has 5 nitrogen and oxygen atoms in total. The van der Waals surface area contributed by atoms with Crippen LogP contribution >= 0.6 is 0 Å². The van der Waals surface area contributed by atoms with E-state index in [2.05, 4.69) is 5.32 Å². The van der Waals surface area contributed by atoms with Crippen LogP contribution in [0.3, 0.4) is 0 Å². The minimum atomic E-state index is -0.192. The molecule has 0 saturated heterocycles. The maximum atomic E-state index is 11.9. The van der Waals surface area contributed by atoms with Crippen LogP contribution in [0.15, 0.2) is 23.0 Å². The molecule has 0 aliphatic carbocycles. The predicted molar refractivity (Wildman–Crippen MR) is 59.0 cm³/mol. The molecule has 1 heterocycles. The lowest BCUT2D eigenvalue weighted by Crippen LogP contribution is -2.40. The summed E-state index contributed by atoms with van der Waals surface area (Å²) < 4.78 is 4.83. The Morgan fingerprint density at radius 2 is 2.19 bits per heavy atom. The quantitative estimate of drug-likeness (QED) is 0.807. The standard InChI is InChI=1S/C11H16N2O3/c1-3-12-10(14)7-13(4-2)11(15)9-5-6-16-8-9/h5-6,8H,3-4,7H2,1-2H3,(H,12,14). The van der Waals surface area contributed by atoms with Crippen molar-refractivity contribution in [1.82, 2.24) is 10.2 Å². The highest BCUT2D eigenvalue weighted by Gasteiger charge is 2.17. The van der Waals surface area contributed by atoms with Crippen LogP contribution in [0.5, 0.6) is 0 Å². The molecule has 2 amide bonds. The molecule has 0 radical (unpaired) electrons. The molecule has 0 aliphatic heterocycles. The summed E-state index contributed by atoms with van der Waals surface area (Å²) in [5, 5.41) is 2.65. The fourth-order valence-corrected chi connectivity index (χ4v) is 1.32. The molecule has 88 valence electrons. The number of carbonyl (C=O) groups excluding carboxylic acids is 2. The van der Waals surface area contributed by atoms with E-state index in [1.165, 1.54) is 17.4 Å². The third-order valence-corrected chi connectivity index (χ3v) is 2.15. The van der Waals surface area contributed by atoms with Gasteiger partial charge in [-0.15, -0.1) is 0 Å². The predicted octanol–water partition coefficient (Wildman–Crippen LogP) is 0.878. The third-order valence-electron chi connectivity index (χ3n) is 2.15. The van der Waals surface area contributed by atoms with E-state index in [1.54, 1.807) is 6.07 Å². The summed E-state index contributed by atoms with van der Waals surface area (Å²) in [6, 6.07) is 1.59. The molecule has 1 rings (SSSR count). The van der Waals surface area contributed by atoms with Crippen molar-refractivity contribution in [3.8, 4) is 0 Å². The first-order valence-electron chi connectivity index (χ1n) is 5.27. The van der Waals surface area contributed by atoms with E-state index in [0.717, 1.165) is 0 Å². The molecule has 5 heteroatoms. The minimum Gasteiger partial charge on any atom is -0.472 e. The molecule has 16 heavy (non-hydrogen) atoms. The van der Waals surface area contributed by atoms with Gasteiger partial charge in [-0.05, 0) is 19.9 Å². The lowest BCUT2D eigenvalue weighted by atomic mass is 10.3. The van der Waals surface area contributed by atoms with Gasteiger partial charge >= 0.3 is 0 Å². The first-order chi connectivity index (χ1) is 7.69. The normalized spacial score (nSPS) is 9.88. The number of carbonyl (C=O) groups is 2. The van der Waals surface area contributed by atoms with Gasteiger partial charge in [-0.3, -0.25) is 9.59 Å². The fraction of sp³-hybridized carbons (Fsp3) is 0.455. The van der Waals surface area contributed by atoms with Gasteiger partial charge < -0.3 is 14.6 Å². The average Bonchev–Trinajstić information content (AvgIpc) is 2.78. The van der Waals surface area contributed by atoms with Gasteiger partial charge in [0.05, 0.1) is 18.4 Å². The van der Waals surface area contributed by atoms with Gasteiger partial charge in [-0.1, -0.05) is 0 Å².